The van der Waals surface area contributed by atoms with Crippen LogP contribution in [0.15, 0.2) is 8.78 Å². The van der Waals surface area contributed by atoms with E-state index in [-0.39, 0.29) is 6.10 Å². The van der Waals surface area contributed by atoms with Crippen LogP contribution in [0.5, 0.6) is 0 Å². The molecule has 3 heteroatoms. The van der Waals surface area contributed by atoms with Gasteiger partial charge >= 0.3 is 0 Å². The van der Waals surface area contributed by atoms with Gasteiger partial charge in [0.1, 0.15) is 0 Å². The second kappa shape index (κ2) is 4.76. The second-order valence-electron chi connectivity index (χ2n) is 4.40. The molecule has 0 fully saturated rings. The average molecular weight is 298 g/mol. The predicted molar refractivity (Wildman–Crippen MR) is 66.4 cm³/mol. The number of halogens is 1. The minimum atomic E-state index is -1.14. The number of rotatable bonds is 3. The van der Waals surface area contributed by atoms with Crippen molar-refractivity contribution in [3.63, 3.8) is 0 Å². The second-order valence-corrected chi connectivity index (χ2v) is 11.5. The number of hydrogen-bond donors (Lipinski definition) is 1. The first-order valence-electron chi connectivity index (χ1n) is 4.29. The van der Waals surface area contributed by atoms with Crippen molar-refractivity contribution in [2.24, 2.45) is 0 Å². The quantitative estimate of drug-likeness (QED) is 0.626. The van der Waals surface area contributed by atoms with Crippen molar-refractivity contribution < 1.29 is 5.11 Å². The first-order valence-corrected chi connectivity index (χ1v) is 8.87. The molecule has 0 aliphatic carbocycles. The predicted octanol–water partition coefficient (Wildman–Crippen LogP) is 3.34. The standard InChI is InChI=1S/C9H19IOSi/c1-7(6-8(2)11)9(10)12(3,4)5/h8,11H,6H2,1-5H3/b9-7+. The van der Waals surface area contributed by atoms with Crippen LogP contribution >= 0.6 is 22.6 Å². The molecule has 0 saturated heterocycles. The van der Waals surface area contributed by atoms with Gasteiger partial charge in [-0.1, -0.05) is 47.8 Å². The van der Waals surface area contributed by atoms with Gasteiger partial charge in [0.25, 0.3) is 0 Å². The lowest BCUT2D eigenvalue weighted by molar-refractivity contribution is 0.195. The summed E-state index contributed by atoms with van der Waals surface area (Å²) in [4.78, 5) is 0. The Morgan fingerprint density at radius 2 is 1.83 bits per heavy atom. The number of aliphatic hydroxyl groups excluding tert-OH is 1. The van der Waals surface area contributed by atoms with Crippen molar-refractivity contribution >= 4 is 30.7 Å². The van der Waals surface area contributed by atoms with Crippen molar-refractivity contribution in [3.05, 3.63) is 8.78 Å². The topological polar surface area (TPSA) is 20.2 Å². The highest BCUT2D eigenvalue weighted by Gasteiger charge is 2.19. The van der Waals surface area contributed by atoms with Crippen LogP contribution < -0.4 is 0 Å². The minimum absolute atomic E-state index is 0.203. The smallest absolute Gasteiger partial charge is 0.0853 e. The van der Waals surface area contributed by atoms with Gasteiger partial charge in [-0.25, -0.2) is 0 Å². The Labute approximate surface area is 90.4 Å². The highest BCUT2D eigenvalue weighted by molar-refractivity contribution is 14.1. The third-order valence-corrected chi connectivity index (χ3v) is 9.15. The maximum atomic E-state index is 9.22. The first kappa shape index (κ1) is 12.6. The van der Waals surface area contributed by atoms with Gasteiger partial charge in [-0.3, -0.25) is 0 Å². The van der Waals surface area contributed by atoms with Crippen LogP contribution in [0.25, 0.3) is 0 Å². The highest BCUT2D eigenvalue weighted by atomic mass is 127. The number of hydrogen-bond acceptors (Lipinski definition) is 1. The lowest BCUT2D eigenvalue weighted by Crippen LogP contribution is -2.22. The molecule has 0 aromatic heterocycles. The normalized spacial score (nSPS) is 17.2. The molecule has 0 saturated carbocycles. The summed E-state index contributed by atoms with van der Waals surface area (Å²) in [6.45, 7) is 11.0. The van der Waals surface area contributed by atoms with Crippen LogP contribution in [0.4, 0.5) is 0 Å². The monoisotopic (exact) mass is 298 g/mol. The largest absolute Gasteiger partial charge is 0.393 e. The average Bonchev–Trinajstić information content (AvgIpc) is 1.82. The Morgan fingerprint density at radius 3 is 2.08 bits per heavy atom. The van der Waals surface area contributed by atoms with Gasteiger partial charge in [-0.2, -0.15) is 0 Å². The first-order chi connectivity index (χ1) is 5.25. The van der Waals surface area contributed by atoms with Crippen molar-refractivity contribution in [2.75, 3.05) is 0 Å². The van der Waals surface area contributed by atoms with E-state index in [9.17, 15) is 5.11 Å². The van der Waals surface area contributed by atoms with Crippen molar-refractivity contribution in [2.45, 2.75) is 46.0 Å². The van der Waals surface area contributed by atoms with E-state index in [1.807, 2.05) is 6.92 Å². The molecule has 0 aromatic rings. The fourth-order valence-corrected chi connectivity index (χ4v) is 2.78. The molecule has 0 rings (SSSR count). The van der Waals surface area contributed by atoms with E-state index in [1.165, 1.54) is 8.78 Å². The Morgan fingerprint density at radius 1 is 1.42 bits per heavy atom. The van der Waals surface area contributed by atoms with Crippen LogP contribution in [0.1, 0.15) is 20.3 Å². The fourth-order valence-electron chi connectivity index (χ4n) is 1.17. The summed E-state index contributed by atoms with van der Waals surface area (Å²) in [5, 5.41) is 9.22. The summed E-state index contributed by atoms with van der Waals surface area (Å²) in [7, 11) is -1.14. The van der Waals surface area contributed by atoms with E-state index in [1.54, 1.807) is 0 Å². The third-order valence-electron chi connectivity index (χ3n) is 1.63. The van der Waals surface area contributed by atoms with Gasteiger partial charge in [0.15, 0.2) is 0 Å². The van der Waals surface area contributed by atoms with E-state index in [0.717, 1.165) is 6.42 Å². The van der Waals surface area contributed by atoms with Crippen molar-refractivity contribution in [3.8, 4) is 0 Å². The number of aliphatic hydroxyl groups is 1. The van der Waals surface area contributed by atoms with Gasteiger partial charge in [-0.05, 0) is 23.5 Å². The summed E-state index contributed by atoms with van der Waals surface area (Å²) in [6, 6.07) is 0. The molecule has 0 aliphatic rings. The molecular formula is C9H19IOSi. The molecular weight excluding hydrogens is 279 g/mol. The van der Waals surface area contributed by atoms with Crippen LogP contribution in [-0.2, 0) is 0 Å². The van der Waals surface area contributed by atoms with Gasteiger partial charge in [0.2, 0.25) is 0 Å². The van der Waals surface area contributed by atoms with E-state index in [4.69, 9.17) is 0 Å². The van der Waals surface area contributed by atoms with Gasteiger partial charge in [-0.15, -0.1) is 0 Å². The molecule has 72 valence electrons. The molecule has 0 radical (unpaired) electrons. The SMILES string of the molecule is C/C(CC(C)O)=C(/I)[Si](C)(C)C. The zero-order valence-electron chi connectivity index (χ0n) is 8.61. The maximum Gasteiger partial charge on any atom is 0.0853 e. The van der Waals surface area contributed by atoms with E-state index in [2.05, 4.69) is 49.2 Å². The summed E-state index contributed by atoms with van der Waals surface area (Å²) >= 11 is 2.44. The lowest BCUT2D eigenvalue weighted by atomic mass is 10.2. The zero-order valence-corrected chi connectivity index (χ0v) is 11.8. The van der Waals surface area contributed by atoms with Crippen molar-refractivity contribution in [1.82, 2.24) is 0 Å². The zero-order chi connectivity index (χ0) is 9.94. The Bertz CT molecular complexity index is 179. The molecule has 1 N–H and O–H groups in total. The molecule has 12 heavy (non-hydrogen) atoms. The molecule has 0 spiro atoms. The Hall–Kier alpha value is 0.647. The fraction of sp³-hybridized carbons (Fsp3) is 0.778. The van der Waals surface area contributed by atoms with E-state index >= 15 is 0 Å². The van der Waals surface area contributed by atoms with Crippen LogP contribution in [0, 0.1) is 0 Å². The third kappa shape index (κ3) is 4.62. The molecule has 1 atom stereocenters. The summed E-state index contributed by atoms with van der Waals surface area (Å²) in [5.41, 5.74) is 1.37. The van der Waals surface area contributed by atoms with Crippen LogP contribution in [0.2, 0.25) is 19.6 Å². The maximum absolute atomic E-state index is 9.22. The molecule has 0 heterocycles. The molecule has 0 aromatic carbocycles. The molecule has 0 amide bonds. The summed E-state index contributed by atoms with van der Waals surface area (Å²) in [5.74, 6) is 0. The molecule has 0 aliphatic heterocycles. The summed E-state index contributed by atoms with van der Waals surface area (Å²) < 4.78 is 1.50. The molecule has 1 unspecified atom stereocenters. The Balaban J connectivity index is 4.47. The lowest BCUT2D eigenvalue weighted by Gasteiger charge is -2.19. The van der Waals surface area contributed by atoms with Gasteiger partial charge < -0.3 is 5.11 Å². The van der Waals surface area contributed by atoms with Crippen LogP contribution in [-0.4, -0.2) is 19.3 Å². The summed E-state index contributed by atoms with van der Waals surface area (Å²) in [6.07, 6.45) is 0.619. The van der Waals surface area contributed by atoms with Crippen LogP contribution in [0.3, 0.4) is 0 Å². The molecule has 0 bridgehead atoms. The van der Waals surface area contributed by atoms with Crippen molar-refractivity contribution in [1.29, 1.82) is 0 Å². The minimum Gasteiger partial charge on any atom is -0.393 e. The van der Waals surface area contributed by atoms with E-state index in [0.29, 0.717) is 0 Å². The van der Waals surface area contributed by atoms with Gasteiger partial charge in [0, 0.05) is 0 Å². The van der Waals surface area contributed by atoms with Gasteiger partial charge in [0.05, 0.1) is 14.2 Å². The van der Waals surface area contributed by atoms with E-state index < -0.39 is 8.07 Å². The highest BCUT2D eigenvalue weighted by Crippen LogP contribution is 2.26. The molecule has 1 nitrogen and oxygen atoms in total. The Kier molecular flexibility index (Phi) is 5.02.